The van der Waals surface area contributed by atoms with Gasteiger partial charge in [-0.1, -0.05) is 0 Å². The van der Waals surface area contributed by atoms with Crippen molar-refractivity contribution in [3.05, 3.63) is 76.6 Å². The molecule has 0 bridgehead atoms. The third-order valence-electron chi connectivity index (χ3n) is 4.96. The Morgan fingerprint density at radius 2 is 1.69 bits per heavy atom. The van der Waals surface area contributed by atoms with Gasteiger partial charge in [-0.25, -0.2) is 8.78 Å². The van der Waals surface area contributed by atoms with Crippen molar-refractivity contribution in [3.8, 4) is 16.9 Å². The molecule has 0 aliphatic heterocycles. The Morgan fingerprint density at radius 3 is 2.31 bits per heavy atom. The van der Waals surface area contributed by atoms with Crippen LogP contribution in [0.1, 0.15) is 38.4 Å². The highest BCUT2D eigenvalue weighted by molar-refractivity contribution is 6.15. The van der Waals surface area contributed by atoms with Crippen molar-refractivity contribution in [3.63, 3.8) is 0 Å². The molecule has 0 saturated carbocycles. The van der Waals surface area contributed by atoms with Crippen LogP contribution in [0.5, 0.6) is 5.75 Å². The van der Waals surface area contributed by atoms with E-state index in [2.05, 4.69) is 10.3 Å². The number of nitrogens with two attached hydrogens (primary N) is 1. The molecule has 0 aliphatic rings. The second-order valence-electron chi connectivity index (χ2n) is 7.01. The van der Waals surface area contributed by atoms with E-state index in [1.165, 1.54) is 32.4 Å². The zero-order valence-electron chi connectivity index (χ0n) is 17.4. The number of halogens is 2. The van der Waals surface area contributed by atoms with Gasteiger partial charge in [0, 0.05) is 35.9 Å². The number of amides is 2. The minimum atomic E-state index is -0.793. The van der Waals surface area contributed by atoms with Crippen LogP contribution in [0.15, 0.2) is 42.6 Å². The Hall–Kier alpha value is -4.01. The molecule has 3 rings (SSSR count). The fourth-order valence-corrected chi connectivity index (χ4v) is 3.28. The van der Waals surface area contributed by atoms with Crippen molar-refractivity contribution in [2.24, 2.45) is 5.73 Å². The molecule has 7 nitrogen and oxygen atoms in total. The molecule has 0 spiro atoms. The summed E-state index contributed by atoms with van der Waals surface area (Å²) in [5.41, 5.74) is 4.85. The van der Waals surface area contributed by atoms with Crippen molar-refractivity contribution >= 4 is 17.6 Å². The van der Waals surface area contributed by atoms with Gasteiger partial charge in [0.2, 0.25) is 11.7 Å². The Labute approximate surface area is 182 Å². The number of H-pyrrole nitrogens is 1. The molecule has 1 heterocycles. The maximum atomic E-state index is 14.8. The number of aromatic amines is 1. The first-order chi connectivity index (χ1) is 15.2. The van der Waals surface area contributed by atoms with Gasteiger partial charge in [0.05, 0.1) is 18.4 Å². The van der Waals surface area contributed by atoms with Gasteiger partial charge in [0.15, 0.2) is 0 Å². The first kappa shape index (κ1) is 22.7. The van der Waals surface area contributed by atoms with E-state index in [1.54, 1.807) is 12.1 Å². The van der Waals surface area contributed by atoms with E-state index in [0.29, 0.717) is 5.75 Å². The molecule has 4 N–H and O–H groups in total. The van der Waals surface area contributed by atoms with Crippen LogP contribution in [0.4, 0.5) is 8.78 Å². The molecule has 1 aromatic heterocycles. The number of nitrogens with one attached hydrogen (secondary N) is 2. The zero-order valence-corrected chi connectivity index (χ0v) is 17.4. The largest absolute Gasteiger partial charge is 0.497 e. The molecule has 9 heteroatoms. The van der Waals surface area contributed by atoms with Crippen LogP contribution in [-0.2, 0) is 4.79 Å². The molecule has 0 unspecified atom stereocenters. The lowest BCUT2D eigenvalue weighted by molar-refractivity contribution is -0.117. The van der Waals surface area contributed by atoms with Crippen molar-refractivity contribution in [1.82, 2.24) is 10.3 Å². The van der Waals surface area contributed by atoms with E-state index >= 15 is 0 Å². The normalized spacial score (nSPS) is 10.6. The summed E-state index contributed by atoms with van der Waals surface area (Å²) in [6, 6.07) is 8.11. The SMILES string of the molecule is COc1ccc(C(=O)c2[nH]cc(C(=O)NCCC(N)=O)c2-c2c(F)ccc(F)c2C)cc1. The average molecular weight is 441 g/mol. The fourth-order valence-electron chi connectivity index (χ4n) is 3.28. The number of ketones is 1. The predicted octanol–water partition coefficient (Wildman–Crippen LogP) is 3.11. The van der Waals surface area contributed by atoms with Crippen LogP contribution >= 0.6 is 0 Å². The van der Waals surface area contributed by atoms with E-state index in [1.807, 2.05) is 0 Å². The average Bonchev–Trinajstić information content (AvgIpc) is 3.20. The lowest BCUT2D eigenvalue weighted by Gasteiger charge is -2.13. The van der Waals surface area contributed by atoms with Crippen molar-refractivity contribution in [1.29, 1.82) is 0 Å². The first-order valence-corrected chi connectivity index (χ1v) is 9.66. The molecule has 0 aliphatic carbocycles. The monoisotopic (exact) mass is 441 g/mol. The minimum absolute atomic E-state index is 0.0504. The lowest BCUT2D eigenvalue weighted by Crippen LogP contribution is -2.28. The summed E-state index contributed by atoms with van der Waals surface area (Å²) in [5.74, 6) is -2.75. The molecular formula is C23H21F2N3O4. The lowest BCUT2D eigenvalue weighted by atomic mass is 9.93. The molecule has 166 valence electrons. The van der Waals surface area contributed by atoms with E-state index in [-0.39, 0.29) is 46.5 Å². The topological polar surface area (TPSA) is 114 Å². The fraction of sp³-hybridized carbons (Fsp3) is 0.174. The molecule has 3 aromatic rings. The maximum Gasteiger partial charge on any atom is 0.253 e. The van der Waals surface area contributed by atoms with E-state index < -0.39 is 29.2 Å². The van der Waals surface area contributed by atoms with Crippen LogP contribution < -0.4 is 15.8 Å². The molecule has 0 atom stereocenters. The molecular weight excluding hydrogens is 420 g/mol. The van der Waals surface area contributed by atoms with Crippen molar-refractivity contribution in [2.75, 3.05) is 13.7 Å². The van der Waals surface area contributed by atoms with Crippen LogP contribution in [-0.4, -0.2) is 36.2 Å². The Kier molecular flexibility index (Phi) is 6.67. The number of hydrogen-bond donors (Lipinski definition) is 3. The van der Waals surface area contributed by atoms with Crippen LogP contribution in [0, 0.1) is 18.6 Å². The third-order valence-corrected chi connectivity index (χ3v) is 4.96. The van der Waals surface area contributed by atoms with Gasteiger partial charge in [-0.3, -0.25) is 14.4 Å². The third kappa shape index (κ3) is 4.51. The van der Waals surface area contributed by atoms with Crippen LogP contribution in [0.3, 0.4) is 0 Å². The summed E-state index contributed by atoms with van der Waals surface area (Å²) >= 11 is 0. The van der Waals surface area contributed by atoms with Gasteiger partial charge in [0.1, 0.15) is 17.4 Å². The van der Waals surface area contributed by atoms with Gasteiger partial charge < -0.3 is 20.8 Å². The van der Waals surface area contributed by atoms with E-state index in [0.717, 1.165) is 12.1 Å². The first-order valence-electron chi connectivity index (χ1n) is 9.66. The Balaban J connectivity index is 2.13. The number of rotatable bonds is 8. The van der Waals surface area contributed by atoms with E-state index in [9.17, 15) is 23.2 Å². The smallest absolute Gasteiger partial charge is 0.253 e. The number of ether oxygens (including phenoxy) is 1. The van der Waals surface area contributed by atoms with Gasteiger partial charge in [0.25, 0.3) is 5.91 Å². The summed E-state index contributed by atoms with van der Waals surface area (Å²) in [7, 11) is 1.48. The van der Waals surface area contributed by atoms with E-state index in [4.69, 9.17) is 10.5 Å². The highest BCUT2D eigenvalue weighted by atomic mass is 19.1. The molecule has 0 saturated heterocycles. The molecule has 32 heavy (non-hydrogen) atoms. The Bertz CT molecular complexity index is 1190. The number of carbonyl (C=O) groups excluding carboxylic acids is 3. The summed E-state index contributed by atoms with van der Waals surface area (Å²) < 4.78 is 34.2. The number of methoxy groups -OCH3 is 1. The number of primary amides is 1. The second kappa shape index (κ2) is 9.42. The summed E-state index contributed by atoms with van der Waals surface area (Å²) in [6.45, 7) is 1.31. The zero-order chi connectivity index (χ0) is 23.4. The second-order valence-corrected chi connectivity index (χ2v) is 7.01. The Morgan fingerprint density at radius 1 is 1.03 bits per heavy atom. The quantitative estimate of drug-likeness (QED) is 0.466. The number of carbonyl (C=O) groups is 3. The van der Waals surface area contributed by atoms with Crippen molar-refractivity contribution < 1.29 is 27.9 Å². The number of aromatic nitrogens is 1. The summed E-state index contributed by atoms with van der Waals surface area (Å²) in [5, 5.41) is 2.50. The number of benzene rings is 2. The van der Waals surface area contributed by atoms with Gasteiger partial charge in [-0.2, -0.15) is 0 Å². The van der Waals surface area contributed by atoms with Gasteiger partial charge >= 0.3 is 0 Å². The van der Waals surface area contributed by atoms with Crippen molar-refractivity contribution in [2.45, 2.75) is 13.3 Å². The van der Waals surface area contributed by atoms with Gasteiger partial charge in [-0.05, 0) is 48.9 Å². The van der Waals surface area contributed by atoms with Gasteiger partial charge in [-0.15, -0.1) is 0 Å². The number of hydrogen-bond acceptors (Lipinski definition) is 4. The molecule has 0 radical (unpaired) electrons. The maximum absolute atomic E-state index is 14.8. The molecule has 2 aromatic carbocycles. The summed E-state index contributed by atoms with van der Waals surface area (Å²) in [6.07, 6.45) is 1.14. The standard InChI is InChI=1S/C23H21F2N3O4/c1-12-16(24)7-8-17(25)19(12)20-15(23(31)27-10-9-18(26)29)11-28-21(20)22(30)13-3-5-14(32-2)6-4-13/h3-8,11,28H,9-10H2,1-2H3,(H2,26,29)(H,27,31). The minimum Gasteiger partial charge on any atom is -0.497 e. The van der Waals surface area contributed by atoms with Crippen LogP contribution in [0.25, 0.3) is 11.1 Å². The molecule has 2 amide bonds. The molecule has 0 fully saturated rings. The predicted molar refractivity (Wildman–Crippen MR) is 113 cm³/mol. The highest BCUT2D eigenvalue weighted by Gasteiger charge is 2.27. The summed E-state index contributed by atoms with van der Waals surface area (Å²) in [4.78, 5) is 39.6. The van der Waals surface area contributed by atoms with Crippen LogP contribution in [0.2, 0.25) is 0 Å². The highest BCUT2D eigenvalue weighted by Crippen LogP contribution is 2.35.